The van der Waals surface area contributed by atoms with Crippen molar-refractivity contribution in [3.05, 3.63) is 35.9 Å². The molecule has 3 N–H and O–H groups in total. The second kappa shape index (κ2) is 14.2. The number of benzene rings is 1. The highest BCUT2D eigenvalue weighted by Gasteiger charge is 2.03. The molecule has 0 aliphatic heterocycles. The van der Waals surface area contributed by atoms with Crippen molar-refractivity contribution in [2.45, 2.75) is 12.8 Å². The van der Waals surface area contributed by atoms with Gasteiger partial charge in [-0.05, 0) is 18.4 Å². The Morgan fingerprint density at radius 2 is 1.84 bits per heavy atom. The molecule has 0 spiro atoms. The van der Waals surface area contributed by atoms with Gasteiger partial charge in [0, 0.05) is 33.9 Å². The maximum Gasteiger partial charge on any atom is 0.239 e. The van der Waals surface area contributed by atoms with Crippen LogP contribution < -0.4 is 16.0 Å². The lowest BCUT2D eigenvalue weighted by Crippen LogP contribution is -2.43. The molecule has 0 radical (unpaired) electrons. The Kier molecular flexibility index (Phi) is 11.9. The first-order valence-corrected chi connectivity index (χ1v) is 8.58. The zero-order valence-electron chi connectivity index (χ0n) is 15.2. The largest absolute Gasteiger partial charge is 0.382 e. The Morgan fingerprint density at radius 3 is 2.56 bits per heavy atom. The van der Waals surface area contributed by atoms with Gasteiger partial charge in [-0.2, -0.15) is 0 Å². The molecule has 140 valence electrons. The Morgan fingerprint density at radius 1 is 1.04 bits per heavy atom. The van der Waals surface area contributed by atoms with E-state index >= 15 is 0 Å². The molecule has 0 aromatic heterocycles. The second-order valence-corrected chi connectivity index (χ2v) is 5.40. The summed E-state index contributed by atoms with van der Waals surface area (Å²) in [5.41, 5.74) is 1.21. The summed E-state index contributed by atoms with van der Waals surface area (Å²) in [6, 6.07) is 10.1. The van der Waals surface area contributed by atoms with Gasteiger partial charge in [0.05, 0.1) is 19.8 Å². The van der Waals surface area contributed by atoms with Gasteiger partial charge in [-0.3, -0.25) is 9.79 Å². The maximum absolute atomic E-state index is 11.8. The number of carbonyl (C=O) groups excluding carboxylic acids is 1. The van der Waals surface area contributed by atoms with E-state index in [1.54, 1.807) is 14.2 Å². The highest BCUT2D eigenvalue weighted by atomic mass is 16.5. The van der Waals surface area contributed by atoms with E-state index in [4.69, 9.17) is 9.47 Å². The molecule has 7 nitrogen and oxygen atoms in total. The van der Waals surface area contributed by atoms with Crippen LogP contribution in [0.15, 0.2) is 35.3 Å². The highest BCUT2D eigenvalue weighted by Crippen LogP contribution is 1.97. The topological polar surface area (TPSA) is 84.0 Å². The first kappa shape index (κ1) is 20.9. The zero-order valence-corrected chi connectivity index (χ0v) is 15.2. The normalized spacial score (nSPS) is 11.2. The van der Waals surface area contributed by atoms with Crippen LogP contribution >= 0.6 is 0 Å². The van der Waals surface area contributed by atoms with Gasteiger partial charge >= 0.3 is 0 Å². The molecule has 1 aromatic rings. The van der Waals surface area contributed by atoms with Gasteiger partial charge in [0.2, 0.25) is 5.91 Å². The molecule has 0 unspecified atom stereocenters. The van der Waals surface area contributed by atoms with E-state index in [1.807, 2.05) is 18.2 Å². The Balaban J connectivity index is 2.06. The van der Waals surface area contributed by atoms with E-state index in [0.717, 1.165) is 19.4 Å². The predicted molar refractivity (Wildman–Crippen MR) is 99.8 cm³/mol. The lowest BCUT2D eigenvalue weighted by Gasteiger charge is -2.12. The van der Waals surface area contributed by atoms with Crippen molar-refractivity contribution in [1.82, 2.24) is 16.0 Å². The molecule has 1 rings (SSSR count). The highest BCUT2D eigenvalue weighted by molar-refractivity contribution is 5.86. The minimum absolute atomic E-state index is 0.0539. The molecule has 0 aliphatic carbocycles. The van der Waals surface area contributed by atoms with Crippen LogP contribution in [0.4, 0.5) is 0 Å². The first-order valence-electron chi connectivity index (χ1n) is 8.58. The van der Waals surface area contributed by atoms with E-state index in [-0.39, 0.29) is 12.5 Å². The molecule has 0 saturated carbocycles. The van der Waals surface area contributed by atoms with Crippen molar-refractivity contribution >= 4 is 11.9 Å². The molecule has 0 aliphatic rings. The summed E-state index contributed by atoms with van der Waals surface area (Å²) in [7, 11) is 3.33. The number of hydrogen-bond donors (Lipinski definition) is 3. The summed E-state index contributed by atoms with van der Waals surface area (Å²) in [5, 5.41) is 9.03. The number of carbonyl (C=O) groups is 1. The number of methoxy groups -OCH3 is 1. The van der Waals surface area contributed by atoms with Crippen molar-refractivity contribution in [1.29, 1.82) is 0 Å². The average molecular weight is 350 g/mol. The maximum atomic E-state index is 11.8. The Labute approximate surface area is 150 Å². The van der Waals surface area contributed by atoms with Gasteiger partial charge in [-0.25, -0.2) is 0 Å². The summed E-state index contributed by atoms with van der Waals surface area (Å²) in [6.45, 7) is 3.41. The summed E-state index contributed by atoms with van der Waals surface area (Å²) in [4.78, 5) is 15.9. The Hall–Kier alpha value is -2.12. The van der Waals surface area contributed by atoms with E-state index < -0.39 is 0 Å². The number of nitrogens with zero attached hydrogens (tertiary/aromatic N) is 1. The molecule has 0 fully saturated rings. The van der Waals surface area contributed by atoms with Crippen LogP contribution in [0.1, 0.15) is 12.0 Å². The minimum Gasteiger partial charge on any atom is -0.382 e. The smallest absolute Gasteiger partial charge is 0.239 e. The van der Waals surface area contributed by atoms with Crippen molar-refractivity contribution in [2.24, 2.45) is 4.99 Å². The predicted octanol–water partition coefficient (Wildman–Crippen LogP) is 0.563. The zero-order chi connectivity index (χ0) is 18.2. The molecule has 1 amide bonds. The van der Waals surface area contributed by atoms with Crippen LogP contribution in [0, 0.1) is 0 Å². The van der Waals surface area contributed by atoms with E-state index in [9.17, 15) is 4.79 Å². The molecule has 25 heavy (non-hydrogen) atoms. The standard InChI is InChI=1S/C18H30N4O3/c1-19-18(21-10-6-12-25-14-13-24-2)22-15-17(23)20-11-9-16-7-4-3-5-8-16/h3-5,7-8H,6,9-15H2,1-2H3,(H,20,23)(H2,19,21,22). The van der Waals surface area contributed by atoms with Crippen LogP contribution in [-0.2, 0) is 20.7 Å². The van der Waals surface area contributed by atoms with Gasteiger partial charge < -0.3 is 25.4 Å². The number of hydrogen-bond acceptors (Lipinski definition) is 4. The van der Waals surface area contributed by atoms with Crippen LogP contribution in [0.25, 0.3) is 0 Å². The van der Waals surface area contributed by atoms with Gasteiger partial charge in [0.15, 0.2) is 5.96 Å². The first-order chi connectivity index (χ1) is 12.3. The van der Waals surface area contributed by atoms with Crippen molar-refractivity contribution in [3.8, 4) is 0 Å². The second-order valence-electron chi connectivity index (χ2n) is 5.40. The molecule has 0 atom stereocenters. The van der Waals surface area contributed by atoms with Crippen molar-refractivity contribution in [2.75, 3.05) is 53.6 Å². The van der Waals surface area contributed by atoms with E-state index in [2.05, 4.69) is 33.1 Å². The van der Waals surface area contributed by atoms with Crippen LogP contribution in [0.5, 0.6) is 0 Å². The molecule has 7 heteroatoms. The SMILES string of the molecule is CN=C(NCCCOCCOC)NCC(=O)NCCc1ccccc1. The quantitative estimate of drug-likeness (QED) is 0.291. The summed E-state index contributed by atoms with van der Waals surface area (Å²) >= 11 is 0. The third-order valence-electron chi connectivity index (χ3n) is 3.41. The number of guanidine groups is 1. The average Bonchev–Trinajstić information content (AvgIpc) is 2.64. The minimum atomic E-state index is -0.0539. The van der Waals surface area contributed by atoms with Crippen molar-refractivity contribution < 1.29 is 14.3 Å². The summed E-state index contributed by atoms with van der Waals surface area (Å²) in [5.74, 6) is 0.553. The van der Waals surface area contributed by atoms with Crippen molar-refractivity contribution in [3.63, 3.8) is 0 Å². The van der Waals surface area contributed by atoms with Crippen LogP contribution in [0.2, 0.25) is 0 Å². The molecular formula is C18H30N4O3. The number of ether oxygens (including phenoxy) is 2. The summed E-state index contributed by atoms with van der Waals surface area (Å²) < 4.78 is 10.3. The molecular weight excluding hydrogens is 320 g/mol. The fourth-order valence-corrected chi connectivity index (χ4v) is 2.06. The van der Waals surface area contributed by atoms with Gasteiger partial charge in [-0.15, -0.1) is 0 Å². The summed E-state index contributed by atoms with van der Waals surface area (Å²) in [6.07, 6.45) is 1.68. The number of nitrogens with one attached hydrogen (secondary N) is 3. The third-order valence-corrected chi connectivity index (χ3v) is 3.41. The van der Waals surface area contributed by atoms with E-state index in [1.165, 1.54) is 5.56 Å². The van der Waals surface area contributed by atoms with Crippen LogP contribution in [0.3, 0.4) is 0 Å². The lowest BCUT2D eigenvalue weighted by molar-refractivity contribution is -0.119. The Bertz CT molecular complexity index is 494. The van der Waals surface area contributed by atoms with E-state index in [0.29, 0.717) is 32.3 Å². The van der Waals surface area contributed by atoms with Crippen LogP contribution in [-0.4, -0.2) is 65.5 Å². The van der Waals surface area contributed by atoms with Gasteiger partial charge in [0.25, 0.3) is 0 Å². The number of aliphatic imine (C=N–C) groups is 1. The molecule has 0 heterocycles. The number of amides is 1. The molecule has 0 saturated heterocycles. The lowest BCUT2D eigenvalue weighted by atomic mass is 10.1. The molecule has 0 bridgehead atoms. The fraction of sp³-hybridized carbons (Fsp3) is 0.556. The third kappa shape index (κ3) is 11.1. The van der Waals surface area contributed by atoms with Gasteiger partial charge in [0.1, 0.15) is 0 Å². The number of rotatable bonds is 12. The fourth-order valence-electron chi connectivity index (χ4n) is 2.06. The monoisotopic (exact) mass is 350 g/mol. The molecule has 1 aromatic carbocycles. The van der Waals surface area contributed by atoms with Gasteiger partial charge in [-0.1, -0.05) is 30.3 Å².